The van der Waals surface area contributed by atoms with E-state index < -0.39 is 0 Å². The van der Waals surface area contributed by atoms with Crippen molar-refractivity contribution in [3.63, 3.8) is 0 Å². The summed E-state index contributed by atoms with van der Waals surface area (Å²) < 4.78 is 2.45. The summed E-state index contributed by atoms with van der Waals surface area (Å²) in [6, 6.07) is 0.694. The second-order valence-corrected chi connectivity index (χ2v) is 8.87. The molecule has 2 heterocycles. The van der Waals surface area contributed by atoms with Gasteiger partial charge in [0.15, 0.2) is 0 Å². The number of hydrogen-bond acceptors (Lipinski definition) is 1. The van der Waals surface area contributed by atoms with Gasteiger partial charge in [-0.25, -0.2) is 0 Å². The first-order chi connectivity index (χ1) is 9.85. The van der Waals surface area contributed by atoms with Crippen LogP contribution >= 0.6 is 0 Å². The minimum absolute atomic E-state index is 0.131. The maximum absolute atomic E-state index is 5.12. The Hall–Kier alpha value is -0.592. The molecule has 0 N–H and O–H groups in total. The molecular formula is C18H28AsN2+. The molecule has 0 spiro atoms. The van der Waals surface area contributed by atoms with Gasteiger partial charge in [0, 0.05) is 0 Å². The predicted molar refractivity (Wildman–Crippen MR) is 92.5 cm³/mol. The van der Waals surface area contributed by atoms with Gasteiger partial charge in [0.05, 0.1) is 0 Å². The van der Waals surface area contributed by atoms with E-state index in [1.165, 1.54) is 53.7 Å². The van der Waals surface area contributed by atoms with Crippen LogP contribution in [0.3, 0.4) is 0 Å². The number of quaternary nitrogens is 1. The fourth-order valence-corrected chi connectivity index (χ4v) is 5.83. The molecular weight excluding hydrogens is 319 g/mol. The zero-order valence-electron chi connectivity index (χ0n) is 13.8. The van der Waals surface area contributed by atoms with Gasteiger partial charge in [-0.1, -0.05) is 0 Å². The van der Waals surface area contributed by atoms with Crippen molar-refractivity contribution in [2.24, 2.45) is 10.4 Å². The summed E-state index contributed by atoms with van der Waals surface area (Å²) in [4.78, 5) is 5.12. The topological polar surface area (TPSA) is 12.4 Å². The standard InChI is InChI=1S/C18H28AsN2/c1-13-10-11-21(14-8-6-5-7-9-14)15(12-13)20-16(17(21)19)18(2,3)4/h10-12,14H,5-9,19H2,1-4H3/q+1. The van der Waals surface area contributed by atoms with Gasteiger partial charge in [0.1, 0.15) is 0 Å². The van der Waals surface area contributed by atoms with E-state index in [0.29, 0.717) is 6.04 Å². The first-order valence-corrected chi connectivity index (χ1v) is 9.43. The molecule has 0 radical (unpaired) electrons. The van der Waals surface area contributed by atoms with Gasteiger partial charge >= 0.3 is 138 Å². The molecule has 1 fully saturated rings. The Labute approximate surface area is 137 Å². The van der Waals surface area contributed by atoms with Crippen LogP contribution in [-0.2, 0) is 0 Å². The van der Waals surface area contributed by atoms with E-state index in [0.717, 1.165) is 4.48 Å². The average Bonchev–Trinajstić information content (AvgIpc) is 2.74. The van der Waals surface area contributed by atoms with Gasteiger partial charge in [-0.05, 0) is 0 Å². The van der Waals surface area contributed by atoms with E-state index in [9.17, 15) is 0 Å². The Morgan fingerprint density at radius 3 is 2.48 bits per heavy atom. The number of fused-ring (bicyclic) bond motifs is 1. The molecule has 1 aliphatic carbocycles. The molecule has 1 saturated carbocycles. The van der Waals surface area contributed by atoms with E-state index in [1.807, 2.05) is 0 Å². The van der Waals surface area contributed by atoms with Crippen molar-refractivity contribution in [1.29, 1.82) is 0 Å². The molecule has 2 aliphatic heterocycles. The quantitative estimate of drug-likeness (QED) is 0.504. The van der Waals surface area contributed by atoms with Crippen molar-refractivity contribution in [1.82, 2.24) is 0 Å². The molecule has 3 rings (SSSR count). The second-order valence-electron chi connectivity index (χ2n) is 7.73. The summed E-state index contributed by atoms with van der Waals surface area (Å²) in [6.07, 6.45) is 13.9. The van der Waals surface area contributed by atoms with E-state index >= 15 is 0 Å². The zero-order chi connectivity index (χ0) is 15.3. The number of rotatable bonds is 1. The van der Waals surface area contributed by atoms with Crippen LogP contribution in [0.15, 0.2) is 39.1 Å². The van der Waals surface area contributed by atoms with Crippen molar-refractivity contribution in [3.8, 4) is 0 Å². The molecule has 0 aromatic rings. The Balaban J connectivity index is 2.12. The predicted octanol–water partition coefficient (Wildman–Crippen LogP) is 3.87. The second kappa shape index (κ2) is 5.25. The van der Waals surface area contributed by atoms with E-state index in [1.54, 1.807) is 16.9 Å². The first kappa shape index (κ1) is 15.3. The summed E-state index contributed by atoms with van der Waals surface area (Å²) >= 11 is 1.76. The van der Waals surface area contributed by atoms with Crippen molar-refractivity contribution in [3.05, 3.63) is 34.1 Å². The zero-order valence-corrected chi connectivity index (χ0v) is 16.2. The van der Waals surface area contributed by atoms with Gasteiger partial charge in [-0.3, -0.25) is 0 Å². The van der Waals surface area contributed by atoms with E-state index in [2.05, 4.69) is 46.0 Å². The molecule has 2 nitrogen and oxygen atoms in total. The summed E-state index contributed by atoms with van der Waals surface area (Å²) in [6.45, 7) is 9.07. The van der Waals surface area contributed by atoms with Crippen LogP contribution in [0.4, 0.5) is 0 Å². The molecule has 2 unspecified atom stereocenters. The maximum atomic E-state index is 5.12. The third kappa shape index (κ3) is 2.41. The van der Waals surface area contributed by atoms with Crippen molar-refractivity contribution >= 4 is 22.7 Å². The molecule has 3 aliphatic rings. The van der Waals surface area contributed by atoms with Gasteiger partial charge in [-0.2, -0.15) is 0 Å². The van der Waals surface area contributed by atoms with Crippen molar-refractivity contribution in [2.45, 2.75) is 65.8 Å². The number of amidine groups is 1. The molecule has 0 aromatic carbocycles. The number of nitrogens with zero attached hydrogens (tertiary/aromatic N) is 2. The van der Waals surface area contributed by atoms with Gasteiger partial charge < -0.3 is 0 Å². The van der Waals surface area contributed by atoms with Crippen molar-refractivity contribution in [2.75, 3.05) is 0 Å². The first-order valence-electron chi connectivity index (χ1n) is 8.22. The summed E-state index contributed by atoms with van der Waals surface area (Å²) in [5.74, 6) is 1.27. The van der Waals surface area contributed by atoms with E-state index in [-0.39, 0.29) is 5.41 Å². The Bertz CT molecular complexity index is 569. The molecule has 0 aromatic heterocycles. The fourth-order valence-electron chi connectivity index (χ4n) is 3.88. The summed E-state index contributed by atoms with van der Waals surface area (Å²) in [5.41, 5.74) is 2.78. The van der Waals surface area contributed by atoms with Crippen LogP contribution < -0.4 is 0 Å². The SMILES string of the molecule is CC1=CC2=NC(C(C)(C)C)=C([AsH2])[N+]2(C2CCCCC2)C=C1. The minimum atomic E-state index is 0.131. The van der Waals surface area contributed by atoms with Gasteiger partial charge in [0.25, 0.3) is 0 Å². The molecule has 0 saturated heterocycles. The Kier molecular flexibility index (Phi) is 3.82. The summed E-state index contributed by atoms with van der Waals surface area (Å²) in [5, 5.41) is 0. The number of allylic oxidation sites excluding steroid dienone is 3. The van der Waals surface area contributed by atoms with Crippen LogP contribution in [0.5, 0.6) is 0 Å². The number of hydrogen-bond donors (Lipinski definition) is 0. The molecule has 2 atom stereocenters. The Morgan fingerprint density at radius 1 is 1.19 bits per heavy atom. The average molecular weight is 347 g/mol. The summed E-state index contributed by atoms with van der Waals surface area (Å²) in [7, 11) is 0. The molecule has 3 heteroatoms. The monoisotopic (exact) mass is 347 g/mol. The third-order valence-corrected chi connectivity index (χ3v) is 6.51. The van der Waals surface area contributed by atoms with Crippen LogP contribution in [-0.4, -0.2) is 33.2 Å². The fraction of sp³-hybridized carbons (Fsp3) is 0.611. The molecule has 21 heavy (non-hydrogen) atoms. The number of aliphatic imine (C=N–C) groups is 1. The molecule has 0 bridgehead atoms. The van der Waals surface area contributed by atoms with Crippen LogP contribution in [0.25, 0.3) is 0 Å². The van der Waals surface area contributed by atoms with Crippen molar-refractivity contribution < 1.29 is 4.48 Å². The van der Waals surface area contributed by atoms with Crippen LogP contribution in [0.1, 0.15) is 59.8 Å². The van der Waals surface area contributed by atoms with Crippen LogP contribution in [0, 0.1) is 5.41 Å². The molecule has 114 valence electrons. The normalized spacial score (nSPS) is 30.3. The Morgan fingerprint density at radius 2 is 1.86 bits per heavy atom. The van der Waals surface area contributed by atoms with E-state index in [4.69, 9.17) is 4.99 Å². The molecule has 0 amide bonds. The van der Waals surface area contributed by atoms with Crippen LogP contribution in [0.2, 0.25) is 0 Å². The van der Waals surface area contributed by atoms with Gasteiger partial charge in [0.2, 0.25) is 0 Å². The third-order valence-electron chi connectivity index (χ3n) is 5.04. The van der Waals surface area contributed by atoms with Gasteiger partial charge in [-0.15, -0.1) is 0 Å².